The lowest BCUT2D eigenvalue weighted by Gasteiger charge is -2.06. The minimum Gasteiger partial charge on any atom is -0.454 e. The summed E-state index contributed by atoms with van der Waals surface area (Å²) in [5.74, 6) is 0.667. The van der Waals surface area contributed by atoms with Crippen LogP contribution in [0.5, 0.6) is 11.5 Å². The number of aryl methyl sites for hydroxylation is 1. The Morgan fingerprint density at radius 3 is 2.71 bits per heavy atom. The molecule has 0 saturated heterocycles. The summed E-state index contributed by atoms with van der Waals surface area (Å²) in [4.78, 5) is 16.3. The standard InChI is InChI=1S/C20H18FN3O5S2/c21-14-2-5-16(6-3-14)31(26,27)24-20-23-15(11-30-20)4-8-19(25)22-10-13-1-7-17-18(9-13)29-12-28-17/h1-3,5-7,9,11H,4,8,10,12H2,(H,22,25)(H,23,24). The van der Waals surface area contributed by atoms with E-state index in [0.717, 1.165) is 29.0 Å². The quantitative estimate of drug-likeness (QED) is 0.532. The predicted molar refractivity (Wildman–Crippen MR) is 112 cm³/mol. The summed E-state index contributed by atoms with van der Waals surface area (Å²) < 4.78 is 50.6. The normalized spacial score (nSPS) is 12.5. The van der Waals surface area contributed by atoms with E-state index in [1.807, 2.05) is 12.1 Å². The summed E-state index contributed by atoms with van der Waals surface area (Å²) >= 11 is 1.11. The number of halogens is 1. The number of fused-ring (bicyclic) bond motifs is 1. The van der Waals surface area contributed by atoms with Crippen molar-refractivity contribution in [1.29, 1.82) is 0 Å². The molecule has 0 fully saturated rings. The smallest absolute Gasteiger partial charge is 0.263 e. The largest absolute Gasteiger partial charge is 0.454 e. The van der Waals surface area contributed by atoms with Crippen molar-refractivity contribution in [3.05, 3.63) is 64.9 Å². The van der Waals surface area contributed by atoms with Gasteiger partial charge in [-0.2, -0.15) is 0 Å². The third-order valence-corrected chi connectivity index (χ3v) is 6.72. The molecular formula is C20H18FN3O5S2. The highest BCUT2D eigenvalue weighted by Gasteiger charge is 2.17. The number of rotatable bonds is 8. The minimum atomic E-state index is -3.86. The van der Waals surface area contributed by atoms with Crippen molar-refractivity contribution < 1.29 is 27.1 Å². The van der Waals surface area contributed by atoms with Crippen LogP contribution in [0.1, 0.15) is 17.7 Å². The molecule has 2 aromatic carbocycles. The van der Waals surface area contributed by atoms with Crippen LogP contribution >= 0.6 is 11.3 Å². The fourth-order valence-electron chi connectivity index (χ4n) is 2.84. The maximum absolute atomic E-state index is 13.0. The second kappa shape index (κ2) is 8.90. The number of hydrogen-bond donors (Lipinski definition) is 2. The number of amides is 1. The van der Waals surface area contributed by atoms with E-state index < -0.39 is 15.8 Å². The zero-order valence-corrected chi connectivity index (χ0v) is 17.8. The molecule has 0 spiro atoms. The number of anilines is 1. The van der Waals surface area contributed by atoms with Gasteiger partial charge in [0, 0.05) is 18.3 Å². The van der Waals surface area contributed by atoms with Gasteiger partial charge in [0.25, 0.3) is 10.0 Å². The molecule has 2 heterocycles. The van der Waals surface area contributed by atoms with Crippen molar-refractivity contribution in [2.75, 3.05) is 11.5 Å². The number of nitrogens with zero attached hydrogens (tertiary/aromatic N) is 1. The summed E-state index contributed by atoms with van der Waals surface area (Å²) in [5.41, 5.74) is 1.49. The van der Waals surface area contributed by atoms with E-state index in [-0.39, 0.29) is 29.1 Å². The maximum atomic E-state index is 13.0. The van der Waals surface area contributed by atoms with Crippen molar-refractivity contribution in [2.24, 2.45) is 0 Å². The molecule has 0 radical (unpaired) electrons. The third kappa shape index (κ3) is 5.30. The first kappa shape index (κ1) is 21.1. The molecule has 0 saturated carbocycles. The zero-order chi connectivity index (χ0) is 21.8. The van der Waals surface area contributed by atoms with Crippen LogP contribution in [-0.2, 0) is 27.8 Å². The minimum absolute atomic E-state index is 0.0615. The number of benzene rings is 2. The van der Waals surface area contributed by atoms with Crippen LogP contribution in [0.2, 0.25) is 0 Å². The van der Waals surface area contributed by atoms with Gasteiger partial charge in [-0.1, -0.05) is 6.07 Å². The summed E-state index contributed by atoms with van der Waals surface area (Å²) in [5, 5.41) is 4.70. The SMILES string of the molecule is O=C(CCc1csc(NS(=O)(=O)c2ccc(F)cc2)n1)NCc1ccc2c(c1)OCO2. The molecule has 4 rings (SSSR count). The Hall–Kier alpha value is -3.18. The van der Waals surface area contributed by atoms with Gasteiger partial charge in [0.2, 0.25) is 12.7 Å². The monoisotopic (exact) mass is 463 g/mol. The molecule has 0 unspecified atom stereocenters. The van der Waals surface area contributed by atoms with Gasteiger partial charge in [0.05, 0.1) is 10.6 Å². The van der Waals surface area contributed by atoms with E-state index in [9.17, 15) is 17.6 Å². The predicted octanol–water partition coefficient (Wildman–Crippen LogP) is 3.06. The molecule has 0 atom stereocenters. The number of carbonyl (C=O) groups excluding carboxylic acids is 1. The Morgan fingerprint density at radius 1 is 1.13 bits per heavy atom. The topological polar surface area (TPSA) is 107 Å². The van der Waals surface area contributed by atoms with Crippen LogP contribution in [0, 0.1) is 5.82 Å². The van der Waals surface area contributed by atoms with Crippen LogP contribution < -0.4 is 19.5 Å². The van der Waals surface area contributed by atoms with E-state index in [2.05, 4.69) is 15.0 Å². The number of hydrogen-bond acceptors (Lipinski definition) is 7. The van der Waals surface area contributed by atoms with E-state index in [4.69, 9.17) is 9.47 Å². The van der Waals surface area contributed by atoms with Crippen LogP contribution in [0.25, 0.3) is 0 Å². The zero-order valence-electron chi connectivity index (χ0n) is 16.1. The molecule has 2 N–H and O–H groups in total. The summed E-state index contributed by atoms with van der Waals surface area (Å²) in [6.45, 7) is 0.552. The Balaban J connectivity index is 1.27. The molecule has 1 amide bonds. The molecule has 0 aliphatic carbocycles. The van der Waals surface area contributed by atoms with Gasteiger partial charge in [-0.3, -0.25) is 9.52 Å². The molecule has 3 aromatic rings. The third-order valence-electron chi connectivity index (χ3n) is 4.43. The number of nitrogens with one attached hydrogen (secondary N) is 2. The second-order valence-electron chi connectivity index (χ2n) is 6.67. The highest BCUT2D eigenvalue weighted by atomic mass is 32.2. The van der Waals surface area contributed by atoms with Crippen molar-refractivity contribution in [1.82, 2.24) is 10.3 Å². The van der Waals surface area contributed by atoms with E-state index in [0.29, 0.717) is 30.2 Å². The highest BCUT2D eigenvalue weighted by Crippen LogP contribution is 2.32. The van der Waals surface area contributed by atoms with Gasteiger partial charge in [-0.05, 0) is 48.4 Å². The number of ether oxygens (including phenoxy) is 2. The van der Waals surface area contributed by atoms with Gasteiger partial charge < -0.3 is 14.8 Å². The number of thiazole rings is 1. The molecule has 1 aliphatic heterocycles. The van der Waals surface area contributed by atoms with Crippen LogP contribution in [0.3, 0.4) is 0 Å². The number of aromatic nitrogens is 1. The van der Waals surface area contributed by atoms with E-state index in [1.165, 1.54) is 12.1 Å². The van der Waals surface area contributed by atoms with Crippen LogP contribution in [0.4, 0.5) is 9.52 Å². The molecule has 1 aromatic heterocycles. The molecule has 11 heteroatoms. The summed E-state index contributed by atoms with van der Waals surface area (Å²) in [6, 6.07) is 9.98. The molecule has 0 bridgehead atoms. The molecule has 162 valence electrons. The summed E-state index contributed by atoms with van der Waals surface area (Å²) in [6.07, 6.45) is 0.570. The Labute approximate surface area is 182 Å². The first-order valence-corrected chi connectivity index (χ1v) is 11.6. The summed E-state index contributed by atoms with van der Waals surface area (Å²) in [7, 11) is -3.86. The van der Waals surface area contributed by atoms with Gasteiger partial charge in [0.15, 0.2) is 16.6 Å². The fraction of sp³-hybridized carbons (Fsp3) is 0.200. The molecular weight excluding hydrogens is 445 g/mol. The Bertz CT molecular complexity index is 1200. The van der Waals surface area contributed by atoms with Gasteiger partial charge in [-0.25, -0.2) is 17.8 Å². The number of carbonyl (C=O) groups is 1. The first-order chi connectivity index (χ1) is 14.9. The van der Waals surface area contributed by atoms with Gasteiger partial charge in [0.1, 0.15) is 5.82 Å². The second-order valence-corrected chi connectivity index (χ2v) is 9.21. The lowest BCUT2D eigenvalue weighted by Crippen LogP contribution is -2.23. The van der Waals surface area contributed by atoms with Crippen molar-refractivity contribution >= 4 is 32.4 Å². The van der Waals surface area contributed by atoms with Gasteiger partial charge in [-0.15, -0.1) is 11.3 Å². The van der Waals surface area contributed by atoms with Crippen molar-refractivity contribution in [3.63, 3.8) is 0 Å². The van der Waals surface area contributed by atoms with Crippen LogP contribution in [0.15, 0.2) is 52.7 Å². The lowest BCUT2D eigenvalue weighted by atomic mass is 10.2. The molecule has 1 aliphatic rings. The first-order valence-electron chi connectivity index (χ1n) is 9.27. The molecule has 31 heavy (non-hydrogen) atoms. The Kier molecular flexibility index (Phi) is 6.05. The fourth-order valence-corrected chi connectivity index (χ4v) is 4.84. The van der Waals surface area contributed by atoms with Crippen molar-refractivity contribution in [3.8, 4) is 11.5 Å². The van der Waals surface area contributed by atoms with Crippen LogP contribution in [-0.4, -0.2) is 26.1 Å². The van der Waals surface area contributed by atoms with E-state index in [1.54, 1.807) is 11.4 Å². The number of sulfonamides is 1. The lowest BCUT2D eigenvalue weighted by molar-refractivity contribution is -0.121. The van der Waals surface area contributed by atoms with Crippen molar-refractivity contribution in [2.45, 2.75) is 24.3 Å². The average Bonchev–Trinajstić information content (AvgIpc) is 3.39. The van der Waals surface area contributed by atoms with Gasteiger partial charge >= 0.3 is 0 Å². The highest BCUT2D eigenvalue weighted by molar-refractivity contribution is 7.93. The Morgan fingerprint density at radius 2 is 1.90 bits per heavy atom. The maximum Gasteiger partial charge on any atom is 0.263 e. The van der Waals surface area contributed by atoms with E-state index >= 15 is 0 Å². The molecule has 8 nitrogen and oxygen atoms in total. The average molecular weight is 464 g/mol.